The smallest absolute Gasteiger partial charge is 0.115 e. The van der Waals surface area contributed by atoms with Crippen LogP contribution in [-0.4, -0.2) is 5.11 Å². The van der Waals surface area contributed by atoms with Crippen LogP contribution in [-0.2, 0) is 6.42 Å². The Balaban J connectivity index is 0.000000261. The zero-order valence-corrected chi connectivity index (χ0v) is 16.7. The average Bonchev–Trinajstić information content (AvgIpc) is 3.22. The van der Waals surface area contributed by atoms with Crippen LogP contribution in [0.2, 0.25) is 0 Å². The molecule has 0 aromatic heterocycles. The summed E-state index contributed by atoms with van der Waals surface area (Å²) in [6, 6.07) is 7.62. The molecule has 3 rings (SSSR count). The third kappa shape index (κ3) is 8.79. The molecule has 0 aliphatic heterocycles. The average molecular weight is 345 g/mol. The van der Waals surface area contributed by atoms with Gasteiger partial charge in [0, 0.05) is 0 Å². The van der Waals surface area contributed by atoms with Crippen molar-refractivity contribution in [3.63, 3.8) is 0 Å². The van der Waals surface area contributed by atoms with Gasteiger partial charge in [-0.1, -0.05) is 77.3 Å². The molecule has 25 heavy (non-hydrogen) atoms. The van der Waals surface area contributed by atoms with Gasteiger partial charge in [-0.2, -0.15) is 0 Å². The molecule has 0 saturated heterocycles. The van der Waals surface area contributed by atoms with Crippen molar-refractivity contribution in [1.29, 1.82) is 0 Å². The summed E-state index contributed by atoms with van der Waals surface area (Å²) in [4.78, 5) is 0. The Kier molecular flexibility index (Phi) is 9.43. The number of aryl methyl sites for hydroxylation is 1. The molecule has 2 aliphatic carbocycles. The number of hydrogen-bond donors (Lipinski definition) is 1. The number of hydrogen-bond acceptors (Lipinski definition) is 1. The SMILES string of the molecule is CC1CC2CC2C1.CCCCCCCCCCCc1ccc(O)cc1. The lowest BCUT2D eigenvalue weighted by Crippen LogP contribution is -1.86. The van der Waals surface area contributed by atoms with E-state index in [4.69, 9.17) is 0 Å². The lowest BCUT2D eigenvalue weighted by atomic mass is 10.0. The third-order valence-electron chi connectivity index (χ3n) is 5.98. The minimum Gasteiger partial charge on any atom is -0.508 e. The highest BCUT2D eigenvalue weighted by atomic mass is 16.3. The molecule has 1 nitrogen and oxygen atoms in total. The summed E-state index contributed by atoms with van der Waals surface area (Å²) in [6.07, 6.45) is 18.2. The van der Waals surface area contributed by atoms with E-state index in [1.807, 2.05) is 12.1 Å². The Bertz CT molecular complexity index is 440. The van der Waals surface area contributed by atoms with Gasteiger partial charge in [-0.15, -0.1) is 0 Å². The Morgan fingerprint density at radius 1 is 0.760 bits per heavy atom. The Labute approximate surface area is 156 Å². The van der Waals surface area contributed by atoms with Crippen LogP contribution in [0, 0.1) is 17.8 Å². The predicted molar refractivity (Wildman–Crippen MR) is 109 cm³/mol. The summed E-state index contributed by atoms with van der Waals surface area (Å²) < 4.78 is 0. The molecule has 0 bridgehead atoms. The van der Waals surface area contributed by atoms with Gasteiger partial charge in [0.15, 0.2) is 0 Å². The Morgan fingerprint density at radius 2 is 1.28 bits per heavy atom. The van der Waals surface area contributed by atoms with E-state index in [0.29, 0.717) is 5.75 Å². The normalized spacial score (nSPS) is 23.7. The summed E-state index contributed by atoms with van der Waals surface area (Å²) in [5.74, 6) is 3.82. The zero-order chi connectivity index (χ0) is 17.9. The highest BCUT2D eigenvalue weighted by molar-refractivity contribution is 5.25. The van der Waals surface area contributed by atoms with Gasteiger partial charge >= 0.3 is 0 Å². The number of fused-ring (bicyclic) bond motifs is 1. The van der Waals surface area contributed by atoms with Crippen LogP contribution in [0.1, 0.15) is 96.5 Å². The Hall–Kier alpha value is -0.980. The minimum absolute atomic E-state index is 0.367. The van der Waals surface area contributed by atoms with Crippen LogP contribution in [0.3, 0.4) is 0 Å². The summed E-state index contributed by atoms with van der Waals surface area (Å²) in [7, 11) is 0. The number of phenolic OH excluding ortho intramolecular Hbond substituents is 1. The number of unbranched alkanes of at least 4 members (excludes halogenated alkanes) is 8. The number of aromatic hydroxyl groups is 1. The second-order valence-electron chi connectivity index (χ2n) is 8.58. The summed E-state index contributed by atoms with van der Waals surface area (Å²) >= 11 is 0. The van der Waals surface area contributed by atoms with Crippen molar-refractivity contribution in [3.8, 4) is 5.75 Å². The van der Waals surface area contributed by atoms with E-state index in [-0.39, 0.29) is 0 Å². The molecule has 0 spiro atoms. The maximum atomic E-state index is 9.19. The van der Waals surface area contributed by atoms with Gasteiger partial charge in [0.1, 0.15) is 5.75 Å². The maximum absolute atomic E-state index is 9.19. The number of benzene rings is 1. The van der Waals surface area contributed by atoms with Gasteiger partial charge in [-0.3, -0.25) is 0 Å². The minimum atomic E-state index is 0.367. The van der Waals surface area contributed by atoms with Gasteiger partial charge in [0.25, 0.3) is 0 Å². The molecule has 142 valence electrons. The van der Waals surface area contributed by atoms with E-state index in [9.17, 15) is 5.11 Å². The molecule has 2 fully saturated rings. The van der Waals surface area contributed by atoms with Gasteiger partial charge < -0.3 is 5.11 Å². The van der Waals surface area contributed by atoms with Crippen molar-refractivity contribution in [1.82, 2.24) is 0 Å². The molecular formula is C24H40O. The molecule has 1 N–H and O–H groups in total. The number of phenols is 1. The molecule has 2 unspecified atom stereocenters. The lowest BCUT2D eigenvalue weighted by Gasteiger charge is -2.03. The fourth-order valence-corrected chi connectivity index (χ4v) is 4.32. The second kappa shape index (κ2) is 11.6. The van der Waals surface area contributed by atoms with E-state index >= 15 is 0 Å². The lowest BCUT2D eigenvalue weighted by molar-refractivity contribution is 0.475. The second-order valence-corrected chi connectivity index (χ2v) is 8.58. The maximum Gasteiger partial charge on any atom is 0.115 e. The van der Waals surface area contributed by atoms with Crippen LogP contribution in [0.4, 0.5) is 0 Å². The van der Waals surface area contributed by atoms with Crippen molar-refractivity contribution in [3.05, 3.63) is 29.8 Å². The highest BCUT2D eigenvalue weighted by Crippen LogP contribution is 2.53. The predicted octanol–water partition coefficient (Wildman–Crippen LogP) is 7.52. The molecule has 1 heteroatoms. The van der Waals surface area contributed by atoms with E-state index in [2.05, 4.69) is 13.8 Å². The van der Waals surface area contributed by atoms with E-state index in [1.54, 1.807) is 31.4 Å². The van der Waals surface area contributed by atoms with E-state index in [1.165, 1.54) is 75.2 Å². The zero-order valence-electron chi connectivity index (χ0n) is 16.7. The first-order chi connectivity index (χ1) is 12.2. The molecule has 0 radical (unpaired) electrons. The van der Waals surface area contributed by atoms with E-state index in [0.717, 1.165) is 12.3 Å². The van der Waals surface area contributed by atoms with Crippen molar-refractivity contribution in [2.75, 3.05) is 0 Å². The van der Waals surface area contributed by atoms with Crippen LogP contribution < -0.4 is 0 Å². The summed E-state index contributed by atoms with van der Waals surface area (Å²) in [6.45, 7) is 4.65. The monoisotopic (exact) mass is 344 g/mol. The van der Waals surface area contributed by atoms with Crippen LogP contribution >= 0.6 is 0 Å². The van der Waals surface area contributed by atoms with Gasteiger partial charge in [-0.25, -0.2) is 0 Å². The first-order valence-corrected chi connectivity index (χ1v) is 11.0. The van der Waals surface area contributed by atoms with Crippen molar-refractivity contribution in [2.45, 2.75) is 97.3 Å². The molecule has 1 aromatic rings. The Morgan fingerprint density at radius 3 is 1.76 bits per heavy atom. The standard InChI is InChI=1S/C17H28O.C7H12/c1-2-3-4-5-6-7-8-9-10-11-16-12-14-17(18)15-13-16;1-5-2-6-4-7(6)3-5/h12-15,18H,2-11H2,1H3;5-7H,2-4H2,1H3. The quantitative estimate of drug-likeness (QED) is 0.435. The van der Waals surface area contributed by atoms with Gasteiger partial charge in [-0.05, 0) is 67.6 Å². The van der Waals surface area contributed by atoms with Gasteiger partial charge in [0.05, 0.1) is 0 Å². The van der Waals surface area contributed by atoms with Crippen molar-refractivity contribution >= 4 is 0 Å². The third-order valence-corrected chi connectivity index (χ3v) is 5.98. The summed E-state index contributed by atoms with van der Waals surface area (Å²) in [5.41, 5.74) is 1.34. The molecule has 2 aliphatic rings. The van der Waals surface area contributed by atoms with Crippen LogP contribution in [0.25, 0.3) is 0 Å². The van der Waals surface area contributed by atoms with Gasteiger partial charge in [0.2, 0.25) is 0 Å². The molecule has 1 aromatic carbocycles. The largest absolute Gasteiger partial charge is 0.508 e. The molecule has 0 amide bonds. The number of rotatable bonds is 10. The first kappa shape index (κ1) is 20.3. The van der Waals surface area contributed by atoms with Crippen LogP contribution in [0.15, 0.2) is 24.3 Å². The molecule has 0 heterocycles. The highest BCUT2D eigenvalue weighted by Gasteiger charge is 2.43. The van der Waals surface area contributed by atoms with Crippen molar-refractivity contribution < 1.29 is 5.11 Å². The fraction of sp³-hybridized carbons (Fsp3) is 0.750. The van der Waals surface area contributed by atoms with Crippen LogP contribution in [0.5, 0.6) is 5.75 Å². The molecular weight excluding hydrogens is 304 g/mol. The molecule has 2 atom stereocenters. The first-order valence-electron chi connectivity index (χ1n) is 11.0. The van der Waals surface area contributed by atoms with Crippen molar-refractivity contribution in [2.24, 2.45) is 17.8 Å². The summed E-state index contributed by atoms with van der Waals surface area (Å²) in [5, 5.41) is 9.19. The fourth-order valence-electron chi connectivity index (χ4n) is 4.32. The van der Waals surface area contributed by atoms with E-state index < -0.39 is 0 Å². The topological polar surface area (TPSA) is 20.2 Å². The molecule has 2 saturated carbocycles.